The van der Waals surface area contributed by atoms with Crippen LogP contribution in [0.15, 0.2) is 0 Å². The van der Waals surface area contributed by atoms with Gasteiger partial charge in [0.05, 0.1) is 0 Å². The number of nitrogens with zero attached hydrogens (tertiary/aromatic N) is 1. The zero-order valence-electron chi connectivity index (χ0n) is 12.5. The summed E-state index contributed by atoms with van der Waals surface area (Å²) in [4.78, 5) is 25.9. The highest BCUT2D eigenvalue weighted by atomic mass is 35.5. The lowest BCUT2D eigenvalue weighted by molar-refractivity contribution is -0.138. The number of carbonyl (C=O) groups is 2. The minimum absolute atomic E-state index is 0. The van der Waals surface area contributed by atoms with Gasteiger partial charge in [0.1, 0.15) is 12.6 Å². The molecule has 1 aliphatic heterocycles. The molecule has 7 heteroatoms. The number of ether oxygens (including phenoxy) is 1. The summed E-state index contributed by atoms with van der Waals surface area (Å²) in [5.41, 5.74) is 0. The van der Waals surface area contributed by atoms with E-state index in [0.717, 1.165) is 26.1 Å². The van der Waals surface area contributed by atoms with Crippen LogP contribution < -0.4 is 10.6 Å². The third-order valence-corrected chi connectivity index (χ3v) is 3.18. The SMILES string of the molecule is COCC(=O)N[C@H](C(=O)N1CCCNCC1)C(C)C.Cl. The fraction of sp³-hybridized carbons (Fsp3) is 0.846. The van der Waals surface area contributed by atoms with Crippen molar-refractivity contribution in [2.24, 2.45) is 5.92 Å². The van der Waals surface area contributed by atoms with E-state index in [9.17, 15) is 9.59 Å². The van der Waals surface area contributed by atoms with Gasteiger partial charge in [-0.1, -0.05) is 13.8 Å². The number of methoxy groups -OCH3 is 1. The highest BCUT2D eigenvalue weighted by Gasteiger charge is 2.28. The molecule has 0 saturated carbocycles. The molecule has 0 spiro atoms. The largest absolute Gasteiger partial charge is 0.375 e. The molecule has 1 atom stereocenters. The van der Waals surface area contributed by atoms with Gasteiger partial charge < -0.3 is 20.3 Å². The minimum atomic E-state index is -0.472. The van der Waals surface area contributed by atoms with Gasteiger partial charge in [-0.2, -0.15) is 0 Å². The molecule has 1 fully saturated rings. The Balaban J connectivity index is 0.00000361. The summed E-state index contributed by atoms with van der Waals surface area (Å²) < 4.78 is 4.78. The highest BCUT2D eigenvalue weighted by molar-refractivity contribution is 5.88. The topological polar surface area (TPSA) is 70.7 Å². The van der Waals surface area contributed by atoms with Crippen molar-refractivity contribution in [1.29, 1.82) is 0 Å². The zero-order chi connectivity index (χ0) is 14.3. The van der Waals surface area contributed by atoms with Crippen LogP contribution in [-0.2, 0) is 14.3 Å². The molecular weight excluding hydrogens is 282 g/mol. The van der Waals surface area contributed by atoms with E-state index in [1.807, 2.05) is 18.7 Å². The molecule has 0 aliphatic carbocycles. The van der Waals surface area contributed by atoms with Crippen molar-refractivity contribution in [3.63, 3.8) is 0 Å². The van der Waals surface area contributed by atoms with Crippen LogP contribution in [0.1, 0.15) is 20.3 Å². The second-order valence-electron chi connectivity index (χ2n) is 5.15. The molecule has 1 aliphatic rings. The Bertz CT molecular complexity index is 305. The standard InChI is InChI=1S/C13H25N3O3.ClH/c1-10(2)12(15-11(17)9-19-3)13(18)16-7-4-5-14-6-8-16;/h10,12,14H,4-9H2,1-3H3,(H,15,17);1H/t12-;/m0./s1. The zero-order valence-corrected chi connectivity index (χ0v) is 13.3. The highest BCUT2D eigenvalue weighted by Crippen LogP contribution is 2.08. The van der Waals surface area contributed by atoms with E-state index in [4.69, 9.17) is 4.74 Å². The summed E-state index contributed by atoms with van der Waals surface area (Å²) in [7, 11) is 1.46. The molecule has 2 N–H and O–H groups in total. The van der Waals surface area contributed by atoms with Crippen LogP contribution in [-0.4, -0.2) is 62.7 Å². The fourth-order valence-corrected chi connectivity index (χ4v) is 2.12. The molecule has 1 rings (SSSR count). The quantitative estimate of drug-likeness (QED) is 0.751. The first-order chi connectivity index (χ1) is 9.06. The Morgan fingerprint density at radius 2 is 2.00 bits per heavy atom. The second kappa shape index (κ2) is 9.96. The van der Waals surface area contributed by atoms with E-state index in [-0.39, 0.29) is 36.7 Å². The second-order valence-corrected chi connectivity index (χ2v) is 5.15. The average Bonchev–Trinajstić information content (AvgIpc) is 2.64. The molecule has 0 unspecified atom stereocenters. The van der Waals surface area contributed by atoms with Gasteiger partial charge in [-0.15, -0.1) is 12.4 Å². The van der Waals surface area contributed by atoms with Crippen LogP contribution in [0.3, 0.4) is 0 Å². The Hall–Kier alpha value is -0.850. The van der Waals surface area contributed by atoms with Crippen LogP contribution in [0, 0.1) is 5.92 Å². The lowest BCUT2D eigenvalue weighted by atomic mass is 10.0. The van der Waals surface area contributed by atoms with Gasteiger partial charge in [0.2, 0.25) is 11.8 Å². The van der Waals surface area contributed by atoms with Gasteiger partial charge in [-0.3, -0.25) is 9.59 Å². The summed E-state index contributed by atoms with van der Waals surface area (Å²) in [6.07, 6.45) is 0.947. The van der Waals surface area contributed by atoms with E-state index in [1.54, 1.807) is 0 Å². The molecule has 20 heavy (non-hydrogen) atoms. The summed E-state index contributed by atoms with van der Waals surface area (Å²) in [6, 6.07) is -0.472. The third-order valence-electron chi connectivity index (χ3n) is 3.18. The van der Waals surface area contributed by atoms with E-state index >= 15 is 0 Å². The lowest BCUT2D eigenvalue weighted by Crippen LogP contribution is -2.52. The van der Waals surface area contributed by atoms with Crippen LogP contribution in [0.2, 0.25) is 0 Å². The molecule has 0 aromatic carbocycles. The van der Waals surface area contributed by atoms with Gasteiger partial charge in [0, 0.05) is 26.7 Å². The summed E-state index contributed by atoms with van der Waals surface area (Å²) >= 11 is 0. The van der Waals surface area contributed by atoms with Crippen LogP contribution in [0.5, 0.6) is 0 Å². The monoisotopic (exact) mass is 307 g/mol. The molecule has 1 saturated heterocycles. The van der Waals surface area contributed by atoms with Crippen molar-refractivity contribution in [2.75, 3.05) is 39.9 Å². The van der Waals surface area contributed by atoms with Crippen molar-refractivity contribution in [3.05, 3.63) is 0 Å². The molecule has 118 valence electrons. The number of rotatable bonds is 5. The molecule has 6 nitrogen and oxygen atoms in total. The first-order valence-electron chi connectivity index (χ1n) is 6.84. The van der Waals surface area contributed by atoms with Crippen LogP contribution in [0.25, 0.3) is 0 Å². The normalized spacial score (nSPS) is 17.1. The van der Waals surface area contributed by atoms with E-state index in [0.29, 0.717) is 6.54 Å². The summed E-state index contributed by atoms with van der Waals surface area (Å²) in [6.45, 7) is 7.04. The Labute approximate surface area is 127 Å². The summed E-state index contributed by atoms with van der Waals surface area (Å²) in [5.74, 6) is -0.185. The van der Waals surface area contributed by atoms with Crippen molar-refractivity contribution < 1.29 is 14.3 Å². The molecule has 0 radical (unpaired) electrons. The predicted octanol–water partition coefficient (Wildman–Crippen LogP) is 0.0173. The van der Waals surface area contributed by atoms with E-state index in [1.165, 1.54) is 7.11 Å². The number of amides is 2. The molecule has 1 heterocycles. The first kappa shape index (κ1) is 19.1. The smallest absolute Gasteiger partial charge is 0.246 e. The third kappa shape index (κ3) is 6.07. The predicted molar refractivity (Wildman–Crippen MR) is 80.0 cm³/mol. The molecule has 0 aromatic heterocycles. The van der Waals surface area contributed by atoms with Gasteiger partial charge in [0.15, 0.2) is 0 Å². The molecular formula is C13H26ClN3O3. The summed E-state index contributed by atoms with van der Waals surface area (Å²) in [5, 5.41) is 6.02. The minimum Gasteiger partial charge on any atom is -0.375 e. The van der Waals surface area contributed by atoms with Crippen molar-refractivity contribution >= 4 is 24.2 Å². The molecule has 0 aromatic rings. The van der Waals surface area contributed by atoms with Gasteiger partial charge in [0.25, 0.3) is 0 Å². The van der Waals surface area contributed by atoms with Crippen molar-refractivity contribution in [3.8, 4) is 0 Å². The lowest BCUT2D eigenvalue weighted by Gasteiger charge is -2.28. The number of halogens is 1. The number of nitrogens with one attached hydrogen (secondary N) is 2. The van der Waals surface area contributed by atoms with Crippen LogP contribution >= 0.6 is 12.4 Å². The van der Waals surface area contributed by atoms with Crippen molar-refractivity contribution in [1.82, 2.24) is 15.5 Å². The van der Waals surface area contributed by atoms with Crippen molar-refractivity contribution in [2.45, 2.75) is 26.3 Å². The number of carbonyl (C=O) groups excluding carboxylic acids is 2. The molecule has 2 amide bonds. The van der Waals surface area contributed by atoms with Crippen LogP contribution in [0.4, 0.5) is 0 Å². The Morgan fingerprint density at radius 1 is 1.30 bits per heavy atom. The molecule has 0 bridgehead atoms. The number of hydrogen-bond acceptors (Lipinski definition) is 4. The Morgan fingerprint density at radius 3 is 2.60 bits per heavy atom. The van der Waals surface area contributed by atoms with Gasteiger partial charge >= 0.3 is 0 Å². The van der Waals surface area contributed by atoms with Gasteiger partial charge in [-0.25, -0.2) is 0 Å². The first-order valence-corrected chi connectivity index (χ1v) is 6.84. The maximum atomic E-state index is 12.5. The maximum Gasteiger partial charge on any atom is 0.246 e. The average molecular weight is 308 g/mol. The van der Waals surface area contributed by atoms with E-state index < -0.39 is 6.04 Å². The number of hydrogen-bond donors (Lipinski definition) is 2. The van der Waals surface area contributed by atoms with Gasteiger partial charge in [-0.05, 0) is 18.9 Å². The fourth-order valence-electron chi connectivity index (χ4n) is 2.12. The maximum absolute atomic E-state index is 12.5. The van der Waals surface area contributed by atoms with E-state index in [2.05, 4.69) is 10.6 Å². The Kier molecular flexibility index (Phi) is 9.54.